The largest absolute Gasteiger partial charge is 0.465 e. The quantitative estimate of drug-likeness (QED) is 0.195. The fourth-order valence-corrected chi connectivity index (χ4v) is 5.74. The summed E-state index contributed by atoms with van der Waals surface area (Å²) in [7, 11) is 0. The predicted molar refractivity (Wildman–Crippen MR) is 116 cm³/mol. The lowest BCUT2D eigenvalue weighted by Gasteiger charge is -2.17. The number of ether oxygens (including phenoxy) is 1. The van der Waals surface area contributed by atoms with E-state index in [4.69, 9.17) is 9.72 Å². The van der Waals surface area contributed by atoms with Gasteiger partial charge in [0.2, 0.25) is 0 Å². The molecule has 0 N–H and O–H groups in total. The Labute approximate surface area is 174 Å². The molecule has 0 spiro atoms. The molecular weight excluding hydrogens is 392 g/mol. The number of allylic oxidation sites excluding steroid dienone is 1. The van der Waals surface area contributed by atoms with E-state index in [9.17, 15) is 9.59 Å². The maximum Gasteiger partial charge on any atom is 0.316 e. The van der Waals surface area contributed by atoms with Gasteiger partial charge < -0.3 is 4.74 Å². The molecule has 1 unspecified atom stereocenters. The lowest BCUT2D eigenvalue weighted by molar-refractivity contribution is -0.140. The molecule has 0 aromatic carbocycles. The highest BCUT2D eigenvalue weighted by molar-refractivity contribution is 7.99. The number of fused-ring (bicyclic) bond motifs is 3. The molecule has 2 heterocycles. The number of hydrogen-bond acceptors (Lipinski definition) is 6. The average molecular weight is 421 g/mol. The van der Waals surface area contributed by atoms with Crippen molar-refractivity contribution in [1.29, 1.82) is 0 Å². The van der Waals surface area contributed by atoms with Crippen LogP contribution in [0.3, 0.4) is 0 Å². The van der Waals surface area contributed by atoms with Crippen molar-refractivity contribution in [3.63, 3.8) is 0 Å². The second kappa shape index (κ2) is 9.74. The molecule has 28 heavy (non-hydrogen) atoms. The minimum Gasteiger partial charge on any atom is -0.465 e. The SMILES string of the molecule is C=CCn1c(SCC(=O)OCCCCC)nc2sc3c(c2c1=O)CCC(C)C3. The van der Waals surface area contributed by atoms with Crippen LogP contribution in [0, 0.1) is 5.92 Å². The minimum absolute atomic E-state index is 0.0178. The predicted octanol–water partition coefficient (Wildman–Crippen LogP) is 4.59. The zero-order valence-corrected chi connectivity index (χ0v) is 18.3. The molecule has 0 saturated heterocycles. The third kappa shape index (κ3) is 4.69. The molecule has 0 aliphatic heterocycles. The lowest BCUT2D eigenvalue weighted by Crippen LogP contribution is -2.24. The summed E-state index contributed by atoms with van der Waals surface area (Å²) in [6, 6.07) is 0. The average Bonchev–Trinajstić information content (AvgIpc) is 3.03. The summed E-state index contributed by atoms with van der Waals surface area (Å²) < 4.78 is 6.90. The number of unbranched alkanes of at least 4 members (excludes halogenated alkanes) is 2. The van der Waals surface area contributed by atoms with Crippen molar-refractivity contribution < 1.29 is 9.53 Å². The Balaban J connectivity index is 1.83. The molecular formula is C21H28N2O3S2. The lowest BCUT2D eigenvalue weighted by atomic mass is 9.89. The van der Waals surface area contributed by atoms with Crippen molar-refractivity contribution in [2.75, 3.05) is 12.4 Å². The molecule has 1 aliphatic carbocycles. The van der Waals surface area contributed by atoms with E-state index >= 15 is 0 Å². The van der Waals surface area contributed by atoms with Crippen molar-refractivity contribution in [3.05, 3.63) is 33.4 Å². The van der Waals surface area contributed by atoms with Crippen LogP contribution in [0.2, 0.25) is 0 Å². The second-order valence-corrected chi connectivity index (χ2v) is 9.37. The highest BCUT2D eigenvalue weighted by atomic mass is 32.2. The van der Waals surface area contributed by atoms with Crippen LogP contribution in [0.1, 0.15) is 50.0 Å². The van der Waals surface area contributed by atoms with Gasteiger partial charge in [-0.3, -0.25) is 14.2 Å². The minimum atomic E-state index is -0.264. The van der Waals surface area contributed by atoms with Gasteiger partial charge >= 0.3 is 5.97 Å². The van der Waals surface area contributed by atoms with Crippen molar-refractivity contribution in [1.82, 2.24) is 9.55 Å². The Hall–Kier alpha value is -1.60. The van der Waals surface area contributed by atoms with Crippen LogP contribution < -0.4 is 5.56 Å². The summed E-state index contributed by atoms with van der Waals surface area (Å²) in [4.78, 5) is 32.1. The number of aromatic nitrogens is 2. The van der Waals surface area contributed by atoms with Crippen LogP contribution in [0.4, 0.5) is 0 Å². The van der Waals surface area contributed by atoms with E-state index in [2.05, 4.69) is 20.4 Å². The highest BCUT2D eigenvalue weighted by Crippen LogP contribution is 2.36. The van der Waals surface area contributed by atoms with E-state index in [-0.39, 0.29) is 17.3 Å². The number of hydrogen-bond donors (Lipinski definition) is 0. The van der Waals surface area contributed by atoms with Gasteiger partial charge in [0.15, 0.2) is 5.16 Å². The molecule has 0 radical (unpaired) electrons. The smallest absolute Gasteiger partial charge is 0.316 e. The van der Waals surface area contributed by atoms with Gasteiger partial charge in [0, 0.05) is 11.4 Å². The second-order valence-electron chi connectivity index (χ2n) is 7.35. The number of aryl methyl sites for hydroxylation is 1. The number of esters is 1. The molecule has 7 heteroatoms. The third-order valence-corrected chi connectivity index (χ3v) is 7.12. The van der Waals surface area contributed by atoms with Crippen LogP contribution in [0.5, 0.6) is 0 Å². The van der Waals surface area contributed by atoms with Crippen molar-refractivity contribution >= 4 is 39.3 Å². The van der Waals surface area contributed by atoms with Gasteiger partial charge in [0.1, 0.15) is 4.83 Å². The number of carbonyl (C=O) groups excluding carboxylic acids is 1. The van der Waals surface area contributed by atoms with Crippen molar-refractivity contribution in [3.8, 4) is 0 Å². The van der Waals surface area contributed by atoms with Gasteiger partial charge in [-0.1, -0.05) is 44.5 Å². The van der Waals surface area contributed by atoms with Crippen LogP contribution in [0.25, 0.3) is 10.2 Å². The van der Waals surface area contributed by atoms with E-state index in [0.717, 1.165) is 48.7 Å². The number of nitrogens with zero attached hydrogens (tertiary/aromatic N) is 2. The van der Waals surface area contributed by atoms with Gasteiger partial charge in [-0.05, 0) is 37.2 Å². The summed E-state index contributed by atoms with van der Waals surface area (Å²) in [5.41, 5.74) is 1.16. The van der Waals surface area contributed by atoms with E-state index in [1.54, 1.807) is 22.0 Å². The topological polar surface area (TPSA) is 61.2 Å². The normalized spacial score (nSPS) is 16.1. The van der Waals surface area contributed by atoms with Gasteiger partial charge in [0.05, 0.1) is 17.7 Å². The van der Waals surface area contributed by atoms with Crippen molar-refractivity contribution in [2.24, 2.45) is 5.92 Å². The van der Waals surface area contributed by atoms with E-state index in [1.807, 2.05) is 0 Å². The molecule has 3 rings (SSSR count). The molecule has 1 atom stereocenters. The van der Waals surface area contributed by atoms with E-state index < -0.39 is 0 Å². The van der Waals surface area contributed by atoms with Gasteiger partial charge in [0.25, 0.3) is 5.56 Å². The first-order valence-corrected chi connectivity index (χ1v) is 11.8. The van der Waals surface area contributed by atoms with Gasteiger partial charge in [-0.25, -0.2) is 4.98 Å². The summed E-state index contributed by atoms with van der Waals surface area (Å²) in [5.74, 6) is 0.538. The van der Waals surface area contributed by atoms with Gasteiger partial charge in [-0.2, -0.15) is 0 Å². The molecule has 0 amide bonds. The van der Waals surface area contributed by atoms with E-state index in [0.29, 0.717) is 24.2 Å². The number of thioether (sulfide) groups is 1. The molecule has 2 aromatic rings. The molecule has 152 valence electrons. The Morgan fingerprint density at radius 2 is 2.29 bits per heavy atom. The standard InChI is InChI=1S/C21H28N2O3S2/c1-4-6-7-11-26-17(24)13-27-21-22-19-18(20(25)23(21)10-5-2)15-9-8-14(3)12-16(15)28-19/h5,14H,2,4,6-13H2,1,3H3. The summed E-state index contributed by atoms with van der Waals surface area (Å²) in [5, 5.41) is 1.33. The first-order valence-electron chi connectivity index (χ1n) is 9.99. The Morgan fingerprint density at radius 1 is 1.46 bits per heavy atom. The van der Waals surface area contributed by atoms with Crippen LogP contribution in [0.15, 0.2) is 22.6 Å². The Kier molecular flexibility index (Phi) is 7.35. The van der Waals surface area contributed by atoms with E-state index in [1.165, 1.54) is 22.2 Å². The summed E-state index contributed by atoms with van der Waals surface area (Å²) in [6.07, 6.45) is 7.80. The number of carbonyl (C=O) groups is 1. The van der Waals surface area contributed by atoms with Crippen LogP contribution >= 0.6 is 23.1 Å². The van der Waals surface area contributed by atoms with Crippen LogP contribution in [-0.4, -0.2) is 27.9 Å². The first kappa shape index (κ1) is 21.1. The highest BCUT2D eigenvalue weighted by Gasteiger charge is 2.24. The van der Waals surface area contributed by atoms with Crippen molar-refractivity contribution in [2.45, 2.75) is 64.1 Å². The third-order valence-electron chi connectivity index (χ3n) is 5.02. The summed E-state index contributed by atoms with van der Waals surface area (Å²) in [6.45, 7) is 8.98. The fraction of sp³-hybridized carbons (Fsp3) is 0.571. The van der Waals surface area contributed by atoms with Crippen LogP contribution in [-0.2, 0) is 28.9 Å². The Bertz CT molecular complexity index is 916. The fourth-order valence-electron chi connectivity index (χ4n) is 3.51. The monoisotopic (exact) mass is 420 g/mol. The molecule has 2 aromatic heterocycles. The molecule has 5 nitrogen and oxygen atoms in total. The molecule has 0 saturated carbocycles. The first-order chi connectivity index (χ1) is 13.5. The maximum absolute atomic E-state index is 13.2. The Morgan fingerprint density at radius 3 is 3.04 bits per heavy atom. The number of thiophene rings is 1. The zero-order chi connectivity index (χ0) is 20.1. The number of rotatable bonds is 9. The maximum atomic E-state index is 13.2. The van der Waals surface area contributed by atoms with Gasteiger partial charge in [-0.15, -0.1) is 17.9 Å². The molecule has 0 bridgehead atoms. The molecule has 1 aliphatic rings. The molecule has 0 fully saturated rings. The summed E-state index contributed by atoms with van der Waals surface area (Å²) >= 11 is 2.90. The zero-order valence-electron chi connectivity index (χ0n) is 16.7.